The van der Waals surface area contributed by atoms with Crippen molar-refractivity contribution in [2.45, 2.75) is 0 Å². The Balaban J connectivity index is 1.21. The smallest absolute Gasteiger partial charge is 0.219 e. The second kappa shape index (κ2) is 10.8. The predicted octanol–water partition coefficient (Wildman–Crippen LogP) is 9.06. The van der Waals surface area contributed by atoms with Crippen molar-refractivity contribution in [3.63, 3.8) is 0 Å². The monoisotopic (exact) mass is 492 g/mol. The molecule has 0 bridgehead atoms. The number of ether oxygens (including phenoxy) is 2. The molecule has 6 aromatic rings. The second-order valence-electron chi connectivity index (χ2n) is 8.76. The lowest BCUT2D eigenvalue weighted by atomic mass is 10.1. The standard InChI is InChI=1S/C34H24N2O2/c1-3-9-25(10-4-1)29-17-19-35-33(23-29)37-31-15-7-13-27(21-31)28-14-8-16-32(22-28)38-34-24-30(18-20-36-34)26-11-5-2-6-12-26/h1-24H. The molecule has 0 saturated carbocycles. The Kier molecular flexibility index (Phi) is 6.60. The fourth-order valence-electron chi connectivity index (χ4n) is 4.27. The summed E-state index contributed by atoms with van der Waals surface area (Å²) in [6.45, 7) is 0. The van der Waals surface area contributed by atoms with Gasteiger partial charge in [0.15, 0.2) is 0 Å². The largest absolute Gasteiger partial charge is 0.439 e. The van der Waals surface area contributed by atoms with Gasteiger partial charge in [-0.1, -0.05) is 84.9 Å². The van der Waals surface area contributed by atoms with Gasteiger partial charge in [-0.25, -0.2) is 9.97 Å². The highest BCUT2D eigenvalue weighted by Crippen LogP contribution is 2.32. The van der Waals surface area contributed by atoms with Crippen LogP contribution in [0.4, 0.5) is 0 Å². The Labute approximate surface area is 221 Å². The van der Waals surface area contributed by atoms with E-state index in [4.69, 9.17) is 9.47 Å². The van der Waals surface area contributed by atoms with Crippen LogP contribution in [0.3, 0.4) is 0 Å². The lowest BCUT2D eigenvalue weighted by Gasteiger charge is -2.10. The molecule has 0 aliphatic carbocycles. The van der Waals surface area contributed by atoms with E-state index < -0.39 is 0 Å². The van der Waals surface area contributed by atoms with Gasteiger partial charge in [0, 0.05) is 24.5 Å². The molecule has 0 atom stereocenters. The average Bonchev–Trinajstić information content (AvgIpc) is 2.99. The zero-order chi connectivity index (χ0) is 25.6. The zero-order valence-corrected chi connectivity index (χ0v) is 20.6. The molecule has 2 heterocycles. The van der Waals surface area contributed by atoms with Crippen LogP contribution in [0.1, 0.15) is 0 Å². The molecule has 0 saturated heterocycles. The highest BCUT2D eigenvalue weighted by atomic mass is 16.5. The van der Waals surface area contributed by atoms with E-state index in [1.807, 2.05) is 109 Å². The Morgan fingerprint density at radius 2 is 0.737 bits per heavy atom. The summed E-state index contributed by atoms with van der Waals surface area (Å²) in [4.78, 5) is 8.81. The van der Waals surface area contributed by atoms with Crippen molar-refractivity contribution in [3.05, 3.63) is 146 Å². The van der Waals surface area contributed by atoms with Crippen LogP contribution >= 0.6 is 0 Å². The van der Waals surface area contributed by atoms with E-state index in [1.54, 1.807) is 12.4 Å². The average molecular weight is 493 g/mol. The Hall–Kier alpha value is -5.22. The van der Waals surface area contributed by atoms with Gasteiger partial charge in [0.1, 0.15) is 11.5 Å². The first kappa shape index (κ1) is 23.2. The molecule has 0 radical (unpaired) electrons. The summed E-state index contributed by atoms with van der Waals surface area (Å²) in [6.07, 6.45) is 3.53. The van der Waals surface area contributed by atoms with Gasteiger partial charge >= 0.3 is 0 Å². The normalized spacial score (nSPS) is 10.6. The van der Waals surface area contributed by atoms with Crippen molar-refractivity contribution in [1.82, 2.24) is 9.97 Å². The van der Waals surface area contributed by atoms with Gasteiger partial charge in [-0.3, -0.25) is 0 Å². The van der Waals surface area contributed by atoms with Crippen LogP contribution in [0, 0.1) is 0 Å². The van der Waals surface area contributed by atoms with Gasteiger partial charge in [0.25, 0.3) is 0 Å². The van der Waals surface area contributed by atoms with Crippen molar-refractivity contribution in [3.8, 4) is 56.6 Å². The third-order valence-corrected chi connectivity index (χ3v) is 6.13. The Bertz CT molecular complexity index is 1540. The lowest BCUT2D eigenvalue weighted by molar-refractivity contribution is 0.462. The van der Waals surface area contributed by atoms with Crippen LogP contribution in [-0.4, -0.2) is 9.97 Å². The highest BCUT2D eigenvalue weighted by Gasteiger charge is 2.07. The SMILES string of the molecule is c1ccc(-c2ccnc(Oc3cccc(-c4cccc(Oc5cc(-c6ccccc6)ccn5)c4)c3)c2)cc1. The van der Waals surface area contributed by atoms with Crippen LogP contribution in [0.2, 0.25) is 0 Å². The molecule has 6 rings (SSSR count). The number of benzene rings is 4. The molecule has 0 aliphatic rings. The molecule has 4 heteroatoms. The number of pyridine rings is 2. The van der Waals surface area contributed by atoms with E-state index in [9.17, 15) is 0 Å². The quantitative estimate of drug-likeness (QED) is 0.223. The summed E-state index contributed by atoms with van der Waals surface area (Å²) in [5.41, 5.74) is 6.38. The molecule has 0 aliphatic heterocycles. The fourth-order valence-corrected chi connectivity index (χ4v) is 4.27. The molecule has 0 N–H and O–H groups in total. The first-order valence-electron chi connectivity index (χ1n) is 12.4. The van der Waals surface area contributed by atoms with Crippen molar-refractivity contribution in [2.75, 3.05) is 0 Å². The van der Waals surface area contributed by atoms with Gasteiger partial charge in [0.2, 0.25) is 11.8 Å². The molecule has 4 nitrogen and oxygen atoms in total. The maximum absolute atomic E-state index is 6.13. The van der Waals surface area contributed by atoms with E-state index in [-0.39, 0.29) is 0 Å². The van der Waals surface area contributed by atoms with Crippen LogP contribution in [0.25, 0.3) is 33.4 Å². The Morgan fingerprint density at radius 1 is 0.342 bits per heavy atom. The van der Waals surface area contributed by atoms with Crippen LogP contribution in [0.5, 0.6) is 23.3 Å². The number of hydrogen-bond donors (Lipinski definition) is 0. The minimum atomic E-state index is 0.546. The summed E-state index contributed by atoms with van der Waals surface area (Å²) < 4.78 is 12.3. The van der Waals surface area contributed by atoms with E-state index in [2.05, 4.69) is 34.2 Å². The minimum Gasteiger partial charge on any atom is -0.439 e. The molecule has 2 aromatic heterocycles. The molecular weight excluding hydrogens is 468 g/mol. The third-order valence-electron chi connectivity index (χ3n) is 6.13. The number of hydrogen-bond acceptors (Lipinski definition) is 4. The van der Waals surface area contributed by atoms with Crippen LogP contribution in [0.15, 0.2) is 146 Å². The maximum atomic E-state index is 6.13. The van der Waals surface area contributed by atoms with Gasteiger partial charge in [-0.05, 0) is 69.8 Å². The summed E-state index contributed by atoms with van der Waals surface area (Å²) in [5.74, 6) is 2.52. The summed E-state index contributed by atoms with van der Waals surface area (Å²) >= 11 is 0. The van der Waals surface area contributed by atoms with E-state index in [0.717, 1.165) is 33.4 Å². The molecule has 0 unspecified atom stereocenters. The fraction of sp³-hybridized carbons (Fsp3) is 0. The second-order valence-corrected chi connectivity index (χ2v) is 8.76. The van der Waals surface area contributed by atoms with Gasteiger partial charge < -0.3 is 9.47 Å². The van der Waals surface area contributed by atoms with Crippen molar-refractivity contribution >= 4 is 0 Å². The summed E-state index contributed by atoms with van der Waals surface area (Å²) in [7, 11) is 0. The van der Waals surface area contributed by atoms with E-state index in [1.165, 1.54) is 0 Å². The van der Waals surface area contributed by atoms with Crippen LogP contribution in [-0.2, 0) is 0 Å². The molecule has 0 amide bonds. The van der Waals surface area contributed by atoms with Gasteiger partial charge in [0.05, 0.1) is 0 Å². The van der Waals surface area contributed by atoms with Crippen molar-refractivity contribution in [2.24, 2.45) is 0 Å². The maximum Gasteiger partial charge on any atom is 0.219 e. The minimum absolute atomic E-state index is 0.546. The topological polar surface area (TPSA) is 44.2 Å². The highest BCUT2D eigenvalue weighted by molar-refractivity contribution is 5.68. The van der Waals surface area contributed by atoms with E-state index in [0.29, 0.717) is 23.3 Å². The van der Waals surface area contributed by atoms with Crippen LogP contribution < -0.4 is 9.47 Å². The molecule has 4 aromatic carbocycles. The zero-order valence-electron chi connectivity index (χ0n) is 20.6. The molecular formula is C34H24N2O2. The van der Waals surface area contributed by atoms with Crippen molar-refractivity contribution < 1.29 is 9.47 Å². The van der Waals surface area contributed by atoms with Gasteiger partial charge in [-0.15, -0.1) is 0 Å². The number of aromatic nitrogens is 2. The molecule has 38 heavy (non-hydrogen) atoms. The predicted molar refractivity (Wildman–Crippen MR) is 151 cm³/mol. The first-order valence-corrected chi connectivity index (χ1v) is 12.4. The molecule has 182 valence electrons. The summed E-state index contributed by atoms with van der Waals surface area (Å²) in [6, 6.07) is 44.2. The first-order chi connectivity index (χ1) is 18.8. The summed E-state index contributed by atoms with van der Waals surface area (Å²) in [5, 5.41) is 0. The van der Waals surface area contributed by atoms with Crippen molar-refractivity contribution in [1.29, 1.82) is 0 Å². The van der Waals surface area contributed by atoms with Gasteiger partial charge in [-0.2, -0.15) is 0 Å². The number of rotatable bonds is 7. The van der Waals surface area contributed by atoms with E-state index >= 15 is 0 Å². The third kappa shape index (κ3) is 5.45. The molecule has 0 spiro atoms. The number of nitrogens with zero attached hydrogens (tertiary/aromatic N) is 2. The Morgan fingerprint density at radius 3 is 1.18 bits per heavy atom. The lowest BCUT2D eigenvalue weighted by Crippen LogP contribution is -1.90. The molecule has 0 fully saturated rings.